The maximum atomic E-state index is 13.6. The largest absolute Gasteiger partial charge is 0.346 e. The summed E-state index contributed by atoms with van der Waals surface area (Å²) in [6, 6.07) is 0. The molecule has 0 amide bonds. The predicted octanol–water partition coefficient (Wildman–Crippen LogP) is 3.15. The van der Waals surface area contributed by atoms with Crippen molar-refractivity contribution in [2.24, 2.45) is 7.05 Å². The fourth-order valence-electron chi connectivity index (χ4n) is 2.42. The van der Waals surface area contributed by atoms with Gasteiger partial charge in [0, 0.05) is 12.7 Å². The van der Waals surface area contributed by atoms with Gasteiger partial charge in [0.2, 0.25) is 0 Å². The second kappa shape index (κ2) is 3.26. The van der Waals surface area contributed by atoms with E-state index in [0.717, 1.165) is 25.0 Å². The summed E-state index contributed by atoms with van der Waals surface area (Å²) in [4.78, 5) is 0. The third kappa shape index (κ3) is 1.13. The molecule has 0 radical (unpaired) electrons. The maximum Gasteiger partial charge on any atom is 0.143 e. The summed E-state index contributed by atoms with van der Waals surface area (Å²) in [6.45, 7) is 4.21. The molecule has 0 fully saturated rings. The zero-order valence-corrected chi connectivity index (χ0v) is 9.02. The van der Waals surface area contributed by atoms with E-state index in [2.05, 4.69) is 13.8 Å². The average molecular weight is 193 g/mol. The maximum absolute atomic E-state index is 13.6. The van der Waals surface area contributed by atoms with Gasteiger partial charge in [0.05, 0.1) is 5.69 Å². The second-order valence-corrected chi connectivity index (χ2v) is 3.89. The molecule has 1 nitrogen and oxygen atoms in total. The van der Waals surface area contributed by atoms with Crippen molar-refractivity contribution in [1.29, 1.82) is 0 Å². The molecule has 1 aliphatic rings. The van der Waals surface area contributed by atoms with Gasteiger partial charge in [-0.1, -0.05) is 6.92 Å². The fraction of sp³-hybridized carbons (Fsp3) is 0.500. The molecule has 0 saturated heterocycles. The summed E-state index contributed by atoms with van der Waals surface area (Å²) in [7, 11) is 1.95. The van der Waals surface area contributed by atoms with Crippen LogP contribution in [0.3, 0.4) is 0 Å². The first-order chi connectivity index (χ1) is 6.66. The van der Waals surface area contributed by atoms with Gasteiger partial charge in [0.15, 0.2) is 0 Å². The monoisotopic (exact) mass is 193 g/mol. The molecule has 1 aliphatic carbocycles. The van der Waals surface area contributed by atoms with Crippen LogP contribution in [-0.2, 0) is 19.9 Å². The van der Waals surface area contributed by atoms with Crippen molar-refractivity contribution in [3.63, 3.8) is 0 Å². The molecule has 0 N–H and O–H groups in total. The zero-order valence-electron chi connectivity index (χ0n) is 9.02. The number of allylic oxidation sites excluding steroid dienone is 1. The molecule has 1 aromatic heterocycles. The van der Waals surface area contributed by atoms with Gasteiger partial charge in [-0.15, -0.1) is 0 Å². The van der Waals surface area contributed by atoms with E-state index in [4.69, 9.17) is 0 Å². The molecule has 2 heteroatoms. The van der Waals surface area contributed by atoms with E-state index in [9.17, 15) is 4.39 Å². The van der Waals surface area contributed by atoms with Crippen LogP contribution in [0, 0.1) is 6.92 Å². The van der Waals surface area contributed by atoms with Gasteiger partial charge in [-0.05, 0) is 43.4 Å². The quantitative estimate of drug-likeness (QED) is 0.645. The first-order valence-corrected chi connectivity index (χ1v) is 5.19. The number of halogens is 1. The van der Waals surface area contributed by atoms with Crippen LogP contribution >= 0.6 is 0 Å². The van der Waals surface area contributed by atoms with Crippen LogP contribution in [0.15, 0.2) is 6.08 Å². The van der Waals surface area contributed by atoms with Crippen molar-refractivity contribution in [1.82, 2.24) is 4.57 Å². The molecule has 2 rings (SSSR count). The highest BCUT2D eigenvalue weighted by molar-refractivity contribution is 5.65. The minimum atomic E-state index is -0.0449. The standard InChI is InChI=1S/C12H16FN/c1-4-9-8(2)14(3)12-10(9)6-5-7-11(12)13/h7H,4-6H2,1-3H3. The Balaban J connectivity index is 2.69. The normalized spacial score (nSPS) is 15.3. The number of fused-ring (bicyclic) bond motifs is 1. The van der Waals surface area contributed by atoms with Crippen molar-refractivity contribution in [2.75, 3.05) is 0 Å². The molecule has 0 bridgehead atoms. The molecule has 0 unspecified atom stereocenters. The highest BCUT2D eigenvalue weighted by Crippen LogP contribution is 2.33. The van der Waals surface area contributed by atoms with Gasteiger partial charge in [-0.2, -0.15) is 0 Å². The third-order valence-corrected chi connectivity index (χ3v) is 3.22. The Hall–Kier alpha value is -1.05. The molecular weight excluding hydrogens is 177 g/mol. The van der Waals surface area contributed by atoms with Crippen molar-refractivity contribution < 1.29 is 4.39 Å². The lowest BCUT2D eigenvalue weighted by molar-refractivity contribution is 0.707. The summed E-state index contributed by atoms with van der Waals surface area (Å²) < 4.78 is 15.6. The molecule has 0 aliphatic heterocycles. The highest BCUT2D eigenvalue weighted by Gasteiger charge is 2.22. The van der Waals surface area contributed by atoms with E-state index in [0.29, 0.717) is 0 Å². The van der Waals surface area contributed by atoms with Gasteiger partial charge in [-0.25, -0.2) is 4.39 Å². The van der Waals surface area contributed by atoms with Gasteiger partial charge in [0.25, 0.3) is 0 Å². The summed E-state index contributed by atoms with van der Waals surface area (Å²) >= 11 is 0. The first kappa shape index (κ1) is 9.50. The molecule has 0 aromatic carbocycles. The molecule has 14 heavy (non-hydrogen) atoms. The molecular formula is C12H16FN. The van der Waals surface area contributed by atoms with Crippen LogP contribution in [0.25, 0.3) is 5.83 Å². The Bertz CT molecular complexity index is 399. The summed E-state index contributed by atoms with van der Waals surface area (Å²) in [5, 5.41) is 0. The Morgan fingerprint density at radius 3 is 2.86 bits per heavy atom. The second-order valence-electron chi connectivity index (χ2n) is 3.89. The van der Waals surface area contributed by atoms with Crippen molar-refractivity contribution >= 4 is 5.83 Å². The van der Waals surface area contributed by atoms with Crippen LogP contribution in [0.5, 0.6) is 0 Å². The van der Waals surface area contributed by atoms with E-state index in [1.165, 1.54) is 16.8 Å². The molecule has 1 aromatic rings. The Labute approximate surface area is 84.2 Å². The molecule has 1 heterocycles. The third-order valence-electron chi connectivity index (χ3n) is 3.22. The fourth-order valence-corrected chi connectivity index (χ4v) is 2.42. The van der Waals surface area contributed by atoms with E-state index < -0.39 is 0 Å². The summed E-state index contributed by atoms with van der Waals surface area (Å²) in [5.74, 6) is -0.0449. The van der Waals surface area contributed by atoms with Gasteiger partial charge >= 0.3 is 0 Å². The summed E-state index contributed by atoms with van der Waals surface area (Å²) in [5.41, 5.74) is 4.59. The predicted molar refractivity (Wildman–Crippen MR) is 56.9 cm³/mol. The minimum absolute atomic E-state index is 0.0449. The van der Waals surface area contributed by atoms with Crippen LogP contribution in [0.2, 0.25) is 0 Å². The van der Waals surface area contributed by atoms with Crippen molar-refractivity contribution in [3.8, 4) is 0 Å². The van der Waals surface area contributed by atoms with E-state index >= 15 is 0 Å². The van der Waals surface area contributed by atoms with Crippen LogP contribution < -0.4 is 0 Å². The molecule has 0 spiro atoms. The van der Waals surface area contributed by atoms with Crippen molar-refractivity contribution in [2.45, 2.75) is 33.1 Å². The Morgan fingerprint density at radius 2 is 2.21 bits per heavy atom. The Morgan fingerprint density at radius 1 is 1.50 bits per heavy atom. The molecule has 76 valence electrons. The number of hydrogen-bond acceptors (Lipinski definition) is 0. The minimum Gasteiger partial charge on any atom is -0.346 e. The lowest BCUT2D eigenvalue weighted by Crippen LogP contribution is -2.01. The van der Waals surface area contributed by atoms with Gasteiger partial charge in [-0.3, -0.25) is 0 Å². The molecule has 0 saturated carbocycles. The lowest BCUT2D eigenvalue weighted by Gasteiger charge is -2.10. The zero-order chi connectivity index (χ0) is 10.3. The number of aromatic nitrogens is 1. The van der Waals surface area contributed by atoms with E-state index in [1.807, 2.05) is 11.6 Å². The Kier molecular flexibility index (Phi) is 2.22. The topological polar surface area (TPSA) is 4.93 Å². The van der Waals surface area contributed by atoms with E-state index in [1.54, 1.807) is 6.08 Å². The molecule has 0 atom stereocenters. The lowest BCUT2D eigenvalue weighted by atomic mass is 9.97. The van der Waals surface area contributed by atoms with Crippen LogP contribution in [-0.4, -0.2) is 4.57 Å². The number of hydrogen-bond donors (Lipinski definition) is 0. The summed E-state index contributed by atoms with van der Waals surface area (Å²) in [6.07, 6.45) is 4.53. The smallest absolute Gasteiger partial charge is 0.143 e. The average Bonchev–Trinajstić information content (AvgIpc) is 2.41. The van der Waals surface area contributed by atoms with Crippen molar-refractivity contribution in [3.05, 3.63) is 28.6 Å². The van der Waals surface area contributed by atoms with Gasteiger partial charge in [0.1, 0.15) is 5.83 Å². The SMILES string of the molecule is CCc1c2c(n(C)c1C)C(F)=CCC2. The van der Waals surface area contributed by atoms with Gasteiger partial charge < -0.3 is 4.57 Å². The van der Waals surface area contributed by atoms with Crippen LogP contribution in [0.4, 0.5) is 4.39 Å². The van der Waals surface area contributed by atoms with Crippen LogP contribution in [0.1, 0.15) is 35.9 Å². The first-order valence-electron chi connectivity index (χ1n) is 5.19. The van der Waals surface area contributed by atoms with E-state index in [-0.39, 0.29) is 5.83 Å². The highest BCUT2D eigenvalue weighted by atomic mass is 19.1. The number of rotatable bonds is 1. The number of nitrogens with zero attached hydrogens (tertiary/aromatic N) is 1.